The van der Waals surface area contributed by atoms with Crippen LogP contribution >= 0.6 is 15.9 Å². The summed E-state index contributed by atoms with van der Waals surface area (Å²) in [5, 5.41) is 2.85. The van der Waals surface area contributed by atoms with Gasteiger partial charge in [-0.2, -0.15) is 0 Å². The minimum absolute atomic E-state index is 0.0679. The van der Waals surface area contributed by atoms with E-state index >= 15 is 0 Å². The summed E-state index contributed by atoms with van der Waals surface area (Å²) in [6, 6.07) is 19.4. The van der Waals surface area contributed by atoms with Crippen molar-refractivity contribution in [2.24, 2.45) is 0 Å². The van der Waals surface area contributed by atoms with Crippen LogP contribution in [-0.2, 0) is 16.1 Å². The lowest BCUT2D eigenvalue weighted by atomic mass is 10.2. The SMILES string of the molecule is O=C(Cn1cc(Br)ccc1=O)NC1CC(=O)N(c2ccc(Oc3ccccc3)cc2)C1. The van der Waals surface area contributed by atoms with E-state index in [0.29, 0.717) is 16.8 Å². The molecule has 3 aromatic rings. The fraction of sp³-hybridized carbons (Fsp3) is 0.174. The molecule has 2 aromatic carbocycles. The molecule has 158 valence electrons. The summed E-state index contributed by atoms with van der Waals surface area (Å²) < 4.78 is 7.81. The molecular formula is C23H20BrN3O4. The number of nitrogens with zero attached hydrogens (tertiary/aromatic N) is 2. The zero-order valence-corrected chi connectivity index (χ0v) is 18.1. The van der Waals surface area contributed by atoms with Gasteiger partial charge in [-0.05, 0) is 58.4 Å². The lowest BCUT2D eigenvalue weighted by molar-refractivity contribution is -0.122. The number of benzene rings is 2. The van der Waals surface area contributed by atoms with Gasteiger partial charge in [-0.25, -0.2) is 0 Å². The average Bonchev–Trinajstić information content (AvgIpc) is 3.12. The molecule has 2 heterocycles. The molecule has 7 nitrogen and oxygen atoms in total. The van der Waals surface area contributed by atoms with Crippen LogP contribution in [0.3, 0.4) is 0 Å². The molecule has 1 saturated heterocycles. The summed E-state index contributed by atoms with van der Waals surface area (Å²) in [6.07, 6.45) is 1.77. The van der Waals surface area contributed by atoms with Crippen LogP contribution in [0.25, 0.3) is 0 Å². The highest BCUT2D eigenvalue weighted by atomic mass is 79.9. The van der Waals surface area contributed by atoms with E-state index < -0.39 is 0 Å². The minimum Gasteiger partial charge on any atom is -0.457 e. The lowest BCUT2D eigenvalue weighted by Gasteiger charge is -2.18. The lowest BCUT2D eigenvalue weighted by Crippen LogP contribution is -2.40. The minimum atomic E-state index is -0.317. The third kappa shape index (κ3) is 5.21. The number of anilines is 1. The first-order valence-corrected chi connectivity index (χ1v) is 10.6. The molecule has 0 aliphatic carbocycles. The molecule has 0 bridgehead atoms. The number of para-hydroxylation sites is 1. The van der Waals surface area contributed by atoms with Crippen LogP contribution in [0.4, 0.5) is 5.69 Å². The summed E-state index contributed by atoms with van der Waals surface area (Å²) in [5.41, 5.74) is 0.477. The quantitative estimate of drug-likeness (QED) is 0.585. The first-order valence-electron chi connectivity index (χ1n) is 9.76. The van der Waals surface area contributed by atoms with Gasteiger partial charge in [-0.15, -0.1) is 0 Å². The molecule has 0 spiro atoms. The number of amides is 2. The second kappa shape index (κ2) is 9.18. The zero-order valence-electron chi connectivity index (χ0n) is 16.5. The number of carbonyl (C=O) groups excluding carboxylic acids is 2. The maximum atomic E-state index is 12.5. The third-order valence-corrected chi connectivity index (χ3v) is 5.35. The smallest absolute Gasteiger partial charge is 0.251 e. The Balaban J connectivity index is 1.36. The molecule has 4 rings (SSSR count). The molecule has 1 aromatic heterocycles. The number of nitrogens with one attached hydrogen (secondary N) is 1. The second-order valence-corrected chi connectivity index (χ2v) is 8.11. The van der Waals surface area contributed by atoms with Crippen LogP contribution in [0, 0.1) is 0 Å². The van der Waals surface area contributed by atoms with Gasteiger partial charge < -0.3 is 19.5 Å². The first kappa shape index (κ1) is 20.9. The average molecular weight is 482 g/mol. The molecule has 1 atom stereocenters. The third-order valence-electron chi connectivity index (χ3n) is 4.88. The van der Waals surface area contributed by atoms with Crippen LogP contribution in [0.15, 0.2) is 82.2 Å². The topological polar surface area (TPSA) is 80.6 Å². The second-order valence-electron chi connectivity index (χ2n) is 7.20. The number of halogens is 1. The van der Waals surface area contributed by atoms with E-state index in [-0.39, 0.29) is 36.4 Å². The molecule has 1 aliphatic heterocycles. The first-order chi connectivity index (χ1) is 15.0. The van der Waals surface area contributed by atoms with Crippen LogP contribution in [0.5, 0.6) is 11.5 Å². The Labute approximate surface area is 187 Å². The number of hydrogen-bond acceptors (Lipinski definition) is 4. The van der Waals surface area contributed by atoms with Crippen molar-refractivity contribution >= 4 is 33.4 Å². The van der Waals surface area contributed by atoms with Gasteiger partial charge in [0.15, 0.2) is 0 Å². The van der Waals surface area contributed by atoms with Crippen molar-refractivity contribution in [2.75, 3.05) is 11.4 Å². The van der Waals surface area contributed by atoms with Crippen molar-refractivity contribution < 1.29 is 14.3 Å². The Morgan fingerprint density at radius 2 is 1.71 bits per heavy atom. The summed E-state index contributed by atoms with van der Waals surface area (Å²) >= 11 is 3.29. The van der Waals surface area contributed by atoms with Crippen molar-refractivity contribution in [3.8, 4) is 11.5 Å². The molecular weight excluding hydrogens is 462 g/mol. The van der Waals surface area contributed by atoms with Gasteiger partial charge in [0.05, 0.1) is 6.04 Å². The highest BCUT2D eigenvalue weighted by Crippen LogP contribution is 2.27. The van der Waals surface area contributed by atoms with E-state index in [1.165, 1.54) is 10.6 Å². The number of pyridine rings is 1. The molecule has 8 heteroatoms. The maximum Gasteiger partial charge on any atom is 0.251 e. The van der Waals surface area contributed by atoms with Gasteiger partial charge in [0, 0.05) is 35.4 Å². The van der Waals surface area contributed by atoms with Gasteiger partial charge in [0.25, 0.3) is 5.56 Å². The summed E-state index contributed by atoms with van der Waals surface area (Å²) in [5.74, 6) is 1.03. The Kier molecular flexibility index (Phi) is 6.18. The predicted octanol–water partition coefficient (Wildman–Crippen LogP) is 3.32. The Hall–Kier alpha value is -3.39. The van der Waals surface area contributed by atoms with E-state index in [1.807, 2.05) is 42.5 Å². The predicted molar refractivity (Wildman–Crippen MR) is 120 cm³/mol. The maximum absolute atomic E-state index is 12.5. The fourth-order valence-electron chi connectivity index (χ4n) is 3.43. The number of ether oxygens (including phenoxy) is 1. The molecule has 31 heavy (non-hydrogen) atoms. The van der Waals surface area contributed by atoms with E-state index in [1.54, 1.807) is 29.3 Å². The molecule has 1 N–H and O–H groups in total. The van der Waals surface area contributed by atoms with Crippen molar-refractivity contribution in [3.63, 3.8) is 0 Å². The number of aromatic nitrogens is 1. The van der Waals surface area contributed by atoms with Crippen molar-refractivity contribution in [1.29, 1.82) is 0 Å². The van der Waals surface area contributed by atoms with E-state index in [0.717, 1.165) is 11.4 Å². The van der Waals surface area contributed by atoms with Crippen LogP contribution in [0.1, 0.15) is 6.42 Å². The van der Waals surface area contributed by atoms with Gasteiger partial charge in [0.1, 0.15) is 18.0 Å². The summed E-state index contributed by atoms with van der Waals surface area (Å²) in [6.45, 7) is 0.269. The van der Waals surface area contributed by atoms with Gasteiger partial charge >= 0.3 is 0 Å². The normalized spacial score (nSPS) is 15.7. The summed E-state index contributed by atoms with van der Waals surface area (Å²) in [4.78, 5) is 38.4. The number of hydrogen-bond donors (Lipinski definition) is 1. The Morgan fingerprint density at radius 1 is 1.00 bits per heavy atom. The molecule has 1 unspecified atom stereocenters. The molecule has 1 fully saturated rings. The van der Waals surface area contributed by atoms with Crippen LogP contribution in [-0.4, -0.2) is 29.0 Å². The molecule has 2 amide bonds. The molecule has 0 saturated carbocycles. The molecule has 1 aliphatic rings. The van der Waals surface area contributed by atoms with Crippen molar-refractivity contribution in [2.45, 2.75) is 19.0 Å². The van der Waals surface area contributed by atoms with Crippen molar-refractivity contribution in [3.05, 3.63) is 87.8 Å². The highest BCUT2D eigenvalue weighted by molar-refractivity contribution is 9.10. The van der Waals surface area contributed by atoms with Crippen LogP contribution in [0.2, 0.25) is 0 Å². The van der Waals surface area contributed by atoms with Gasteiger partial charge in [-0.1, -0.05) is 18.2 Å². The van der Waals surface area contributed by atoms with Gasteiger partial charge in [0.2, 0.25) is 11.8 Å². The standard InChI is InChI=1S/C23H20BrN3O4/c24-16-6-11-22(29)26(13-16)15-21(28)25-17-12-23(30)27(14-17)18-7-9-20(10-8-18)31-19-4-2-1-3-5-19/h1-11,13,17H,12,14-15H2,(H,25,28). The largest absolute Gasteiger partial charge is 0.457 e. The van der Waals surface area contributed by atoms with E-state index in [4.69, 9.17) is 4.74 Å². The van der Waals surface area contributed by atoms with Gasteiger partial charge in [-0.3, -0.25) is 14.4 Å². The highest BCUT2D eigenvalue weighted by Gasteiger charge is 2.31. The Morgan fingerprint density at radius 3 is 2.45 bits per heavy atom. The zero-order chi connectivity index (χ0) is 21.8. The monoisotopic (exact) mass is 481 g/mol. The van der Waals surface area contributed by atoms with Crippen molar-refractivity contribution in [1.82, 2.24) is 9.88 Å². The summed E-state index contributed by atoms with van der Waals surface area (Å²) in [7, 11) is 0. The van der Waals surface area contributed by atoms with E-state index in [9.17, 15) is 14.4 Å². The van der Waals surface area contributed by atoms with Crippen LogP contribution < -0.4 is 20.5 Å². The number of carbonyl (C=O) groups is 2. The number of rotatable bonds is 6. The van der Waals surface area contributed by atoms with E-state index in [2.05, 4.69) is 21.2 Å². The molecule has 0 radical (unpaired) electrons. The fourth-order valence-corrected chi connectivity index (χ4v) is 3.81. The Bertz CT molecular complexity index is 1150.